The SMILES string of the molecule is Cc1cc(Br)ccc1NC(=O)NC1CC(=O)N(C(C)(C)C)C1. The summed E-state index contributed by atoms with van der Waals surface area (Å²) in [6.45, 7) is 8.48. The van der Waals surface area contributed by atoms with E-state index in [0.29, 0.717) is 13.0 Å². The maximum atomic E-state index is 12.1. The number of carbonyl (C=O) groups is 2. The first-order valence-corrected chi connectivity index (χ1v) is 8.10. The van der Waals surface area contributed by atoms with Gasteiger partial charge in [-0.05, 0) is 51.5 Å². The van der Waals surface area contributed by atoms with Gasteiger partial charge < -0.3 is 15.5 Å². The average molecular weight is 368 g/mol. The summed E-state index contributed by atoms with van der Waals surface area (Å²) in [5.74, 6) is 0.0811. The van der Waals surface area contributed by atoms with Crippen LogP contribution in [-0.2, 0) is 4.79 Å². The number of nitrogens with zero attached hydrogens (tertiary/aromatic N) is 1. The molecule has 3 amide bonds. The molecule has 6 heteroatoms. The normalized spacial score (nSPS) is 18.5. The highest BCUT2D eigenvalue weighted by Crippen LogP contribution is 2.23. The lowest BCUT2D eigenvalue weighted by Crippen LogP contribution is -2.45. The third kappa shape index (κ3) is 4.00. The van der Waals surface area contributed by atoms with Crippen LogP contribution >= 0.6 is 15.9 Å². The van der Waals surface area contributed by atoms with Gasteiger partial charge in [0.25, 0.3) is 0 Å². The predicted molar refractivity (Wildman–Crippen MR) is 90.9 cm³/mol. The number of urea groups is 1. The van der Waals surface area contributed by atoms with Crippen molar-refractivity contribution in [3.8, 4) is 0 Å². The van der Waals surface area contributed by atoms with Crippen LogP contribution in [0.5, 0.6) is 0 Å². The van der Waals surface area contributed by atoms with E-state index in [4.69, 9.17) is 0 Å². The largest absolute Gasteiger partial charge is 0.336 e. The van der Waals surface area contributed by atoms with Crippen LogP contribution in [0.4, 0.5) is 10.5 Å². The maximum absolute atomic E-state index is 12.1. The predicted octanol–water partition coefficient (Wildman–Crippen LogP) is 3.28. The van der Waals surface area contributed by atoms with Crippen LogP contribution in [0, 0.1) is 6.92 Å². The number of nitrogens with one attached hydrogen (secondary N) is 2. The Balaban J connectivity index is 1.94. The Kier molecular flexibility index (Phi) is 4.80. The van der Waals surface area contributed by atoms with Crippen molar-refractivity contribution >= 4 is 33.6 Å². The van der Waals surface area contributed by atoms with Crippen molar-refractivity contribution in [2.75, 3.05) is 11.9 Å². The smallest absolute Gasteiger partial charge is 0.319 e. The van der Waals surface area contributed by atoms with Gasteiger partial charge in [0.1, 0.15) is 0 Å². The monoisotopic (exact) mass is 367 g/mol. The molecule has 1 unspecified atom stereocenters. The van der Waals surface area contributed by atoms with E-state index in [1.807, 2.05) is 50.8 Å². The third-order valence-electron chi connectivity index (χ3n) is 3.71. The van der Waals surface area contributed by atoms with E-state index >= 15 is 0 Å². The van der Waals surface area contributed by atoms with Gasteiger partial charge in [-0.25, -0.2) is 4.79 Å². The Hall–Kier alpha value is -1.56. The van der Waals surface area contributed by atoms with Crippen LogP contribution in [0.25, 0.3) is 0 Å². The van der Waals surface area contributed by atoms with Crippen LogP contribution in [0.15, 0.2) is 22.7 Å². The van der Waals surface area contributed by atoms with Gasteiger partial charge in [-0.15, -0.1) is 0 Å². The summed E-state index contributed by atoms with van der Waals surface area (Å²) in [6, 6.07) is 5.24. The average Bonchev–Trinajstić information content (AvgIpc) is 2.73. The van der Waals surface area contributed by atoms with E-state index in [0.717, 1.165) is 15.7 Å². The Labute approximate surface area is 139 Å². The molecule has 0 aliphatic carbocycles. The van der Waals surface area contributed by atoms with Crippen molar-refractivity contribution in [3.63, 3.8) is 0 Å². The summed E-state index contributed by atoms with van der Waals surface area (Å²) >= 11 is 3.39. The highest BCUT2D eigenvalue weighted by atomic mass is 79.9. The summed E-state index contributed by atoms with van der Waals surface area (Å²) in [4.78, 5) is 25.9. The molecule has 1 aromatic carbocycles. The lowest BCUT2D eigenvalue weighted by atomic mass is 10.1. The molecule has 0 aromatic heterocycles. The minimum absolute atomic E-state index is 0.0811. The van der Waals surface area contributed by atoms with Gasteiger partial charge >= 0.3 is 6.03 Å². The lowest BCUT2D eigenvalue weighted by molar-refractivity contribution is -0.131. The van der Waals surface area contributed by atoms with Gasteiger partial charge in [0, 0.05) is 28.7 Å². The summed E-state index contributed by atoms with van der Waals surface area (Å²) in [6.07, 6.45) is 0.351. The fourth-order valence-corrected chi connectivity index (χ4v) is 3.04. The fourth-order valence-electron chi connectivity index (χ4n) is 2.56. The summed E-state index contributed by atoms with van der Waals surface area (Å²) < 4.78 is 0.971. The molecule has 0 saturated carbocycles. The minimum atomic E-state index is -0.279. The van der Waals surface area contributed by atoms with Crippen LogP contribution in [0.1, 0.15) is 32.8 Å². The van der Waals surface area contributed by atoms with Crippen molar-refractivity contribution < 1.29 is 9.59 Å². The third-order valence-corrected chi connectivity index (χ3v) is 4.20. The molecule has 1 aliphatic rings. The van der Waals surface area contributed by atoms with Crippen molar-refractivity contribution in [2.24, 2.45) is 0 Å². The maximum Gasteiger partial charge on any atom is 0.319 e. The van der Waals surface area contributed by atoms with E-state index in [2.05, 4.69) is 26.6 Å². The lowest BCUT2D eigenvalue weighted by Gasteiger charge is -2.32. The zero-order chi connectivity index (χ0) is 16.5. The van der Waals surface area contributed by atoms with Crippen molar-refractivity contribution in [1.82, 2.24) is 10.2 Å². The standard InChI is InChI=1S/C16H22BrN3O2/c1-10-7-11(17)5-6-13(10)19-15(22)18-12-8-14(21)20(9-12)16(2,3)4/h5-7,12H,8-9H2,1-4H3,(H2,18,19,22). The number of aryl methyl sites for hydroxylation is 1. The first-order chi connectivity index (χ1) is 10.2. The summed E-state index contributed by atoms with van der Waals surface area (Å²) in [5.41, 5.74) is 1.52. The molecule has 0 radical (unpaired) electrons. The van der Waals surface area contributed by atoms with Crippen LogP contribution < -0.4 is 10.6 Å². The minimum Gasteiger partial charge on any atom is -0.336 e. The topological polar surface area (TPSA) is 61.4 Å². The second-order valence-electron chi connectivity index (χ2n) is 6.63. The number of carbonyl (C=O) groups excluding carboxylic acids is 2. The highest BCUT2D eigenvalue weighted by Gasteiger charge is 2.36. The van der Waals surface area contributed by atoms with E-state index in [9.17, 15) is 9.59 Å². The number of anilines is 1. The summed E-state index contributed by atoms with van der Waals surface area (Å²) in [7, 11) is 0. The van der Waals surface area contributed by atoms with Gasteiger partial charge in [-0.2, -0.15) is 0 Å². The molecular weight excluding hydrogens is 346 g/mol. The molecule has 1 heterocycles. The molecule has 1 aromatic rings. The number of hydrogen-bond acceptors (Lipinski definition) is 2. The second-order valence-corrected chi connectivity index (χ2v) is 7.55. The molecule has 1 saturated heterocycles. The number of halogens is 1. The van der Waals surface area contributed by atoms with Crippen molar-refractivity contribution in [3.05, 3.63) is 28.2 Å². The Morgan fingerprint density at radius 2 is 2.05 bits per heavy atom. The number of rotatable bonds is 2. The molecule has 1 aliphatic heterocycles. The fraction of sp³-hybridized carbons (Fsp3) is 0.500. The number of hydrogen-bond donors (Lipinski definition) is 2. The van der Waals surface area contributed by atoms with Crippen LogP contribution in [-0.4, -0.2) is 35.0 Å². The van der Waals surface area contributed by atoms with Gasteiger partial charge in [0.05, 0.1) is 6.04 Å². The Morgan fingerprint density at radius 1 is 1.36 bits per heavy atom. The van der Waals surface area contributed by atoms with Crippen LogP contribution in [0.3, 0.4) is 0 Å². The number of likely N-dealkylation sites (tertiary alicyclic amines) is 1. The second kappa shape index (κ2) is 6.28. The van der Waals surface area contributed by atoms with Gasteiger partial charge in [-0.1, -0.05) is 15.9 Å². The molecule has 5 nitrogen and oxygen atoms in total. The zero-order valence-corrected chi connectivity index (χ0v) is 15.0. The van der Waals surface area contributed by atoms with E-state index in [1.54, 1.807) is 0 Å². The van der Waals surface area contributed by atoms with E-state index < -0.39 is 0 Å². The molecule has 2 rings (SSSR count). The van der Waals surface area contributed by atoms with E-state index in [-0.39, 0.29) is 23.5 Å². The van der Waals surface area contributed by atoms with E-state index in [1.165, 1.54) is 0 Å². The van der Waals surface area contributed by atoms with Gasteiger partial charge in [0.2, 0.25) is 5.91 Å². The summed E-state index contributed by atoms with van der Waals surface area (Å²) in [5, 5.41) is 5.71. The number of amides is 3. The van der Waals surface area contributed by atoms with Gasteiger partial charge in [-0.3, -0.25) is 4.79 Å². The highest BCUT2D eigenvalue weighted by molar-refractivity contribution is 9.10. The first kappa shape index (κ1) is 16.8. The Morgan fingerprint density at radius 3 is 2.59 bits per heavy atom. The molecule has 120 valence electrons. The Bertz CT molecular complexity index is 596. The van der Waals surface area contributed by atoms with Crippen molar-refractivity contribution in [2.45, 2.75) is 45.7 Å². The van der Waals surface area contributed by atoms with Crippen molar-refractivity contribution in [1.29, 1.82) is 0 Å². The molecule has 0 bridgehead atoms. The van der Waals surface area contributed by atoms with Crippen LogP contribution in [0.2, 0.25) is 0 Å². The molecule has 2 N–H and O–H groups in total. The first-order valence-electron chi connectivity index (χ1n) is 7.31. The number of benzene rings is 1. The zero-order valence-electron chi connectivity index (χ0n) is 13.4. The quantitative estimate of drug-likeness (QED) is 0.842. The molecular formula is C16H22BrN3O2. The molecule has 0 spiro atoms. The van der Waals surface area contributed by atoms with Gasteiger partial charge in [0.15, 0.2) is 0 Å². The molecule has 22 heavy (non-hydrogen) atoms. The molecule has 1 fully saturated rings. The molecule has 1 atom stereocenters.